The van der Waals surface area contributed by atoms with E-state index in [0.29, 0.717) is 5.41 Å². The molecule has 2 rings (SSSR count). The van der Waals surface area contributed by atoms with Crippen LogP contribution in [0.15, 0.2) is 54.9 Å². The molecule has 0 saturated carbocycles. The highest BCUT2D eigenvalue weighted by Gasteiger charge is 2.23. The van der Waals surface area contributed by atoms with Crippen LogP contribution in [0.4, 0.5) is 0 Å². The number of nitrogens with zero attached hydrogens (tertiary/aromatic N) is 1. The monoisotopic (exact) mass is 281 g/mol. The number of aryl methyl sites for hydroxylation is 2. The third-order valence-electron chi connectivity index (χ3n) is 4.38. The zero-order valence-electron chi connectivity index (χ0n) is 13.5. The zero-order chi connectivity index (χ0) is 15.1. The largest absolute Gasteiger partial charge is 0.265 e. The Morgan fingerprint density at radius 1 is 0.810 bits per heavy atom. The second-order valence-electron chi connectivity index (χ2n) is 6.98. The lowest BCUT2D eigenvalue weighted by molar-refractivity contribution is 0.212. The predicted octanol–water partition coefficient (Wildman–Crippen LogP) is 5.31. The highest BCUT2D eigenvalue weighted by atomic mass is 14.6. The minimum atomic E-state index is 0.363. The topological polar surface area (TPSA) is 12.9 Å². The molecule has 0 aliphatic heterocycles. The Balaban J connectivity index is 1.92. The van der Waals surface area contributed by atoms with Crippen LogP contribution in [-0.4, -0.2) is 4.98 Å². The first-order valence-electron chi connectivity index (χ1n) is 7.98. The molecule has 1 heteroatoms. The lowest BCUT2D eigenvalue weighted by atomic mass is 9.74. The van der Waals surface area contributed by atoms with Crippen molar-refractivity contribution < 1.29 is 0 Å². The van der Waals surface area contributed by atoms with E-state index in [-0.39, 0.29) is 0 Å². The third-order valence-corrected chi connectivity index (χ3v) is 4.38. The van der Waals surface area contributed by atoms with Crippen LogP contribution in [-0.2, 0) is 12.8 Å². The first-order chi connectivity index (χ1) is 10.1. The Bertz CT molecular complexity index is 467. The van der Waals surface area contributed by atoms with Crippen molar-refractivity contribution in [3.63, 3.8) is 0 Å². The van der Waals surface area contributed by atoms with Gasteiger partial charge in [-0.05, 0) is 60.3 Å². The fourth-order valence-corrected chi connectivity index (χ4v) is 2.89. The molecule has 0 fully saturated rings. The second-order valence-corrected chi connectivity index (χ2v) is 6.98. The molecular weight excluding hydrogens is 254 g/mol. The van der Waals surface area contributed by atoms with Crippen molar-refractivity contribution in [1.82, 2.24) is 4.98 Å². The van der Waals surface area contributed by atoms with Gasteiger partial charge in [0.25, 0.3) is 0 Å². The summed E-state index contributed by atoms with van der Waals surface area (Å²) in [4.78, 5) is 4.10. The quantitative estimate of drug-likeness (QED) is 0.699. The van der Waals surface area contributed by atoms with Gasteiger partial charge in [-0.15, -0.1) is 0 Å². The van der Waals surface area contributed by atoms with E-state index in [0.717, 1.165) is 12.3 Å². The van der Waals surface area contributed by atoms with Gasteiger partial charge in [0.1, 0.15) is 0 Å². The minimum Gasteiger partial charge on any atom is -0.265 e. The summed E-state index contributed by atoms with van der Waals surface area (Å²) < 4.78 is 0. The molecule has 1 nitrogen and oxygen atoms in total. The fourth-order valence-electron chi connectivity index (χ4n) is 2.89. The molecule has 1 heterocycles. The first kappa shape index (κ1) is 15.8. The molecule has 0 saturated heterocycles. The van der Waals surface area contributed by atoms with Crippen molar-refractivity contribution in [1.29, 1.82) is 0 Å². The molecule has 21 heavy (non-hydrogen) atoms. The number of aromatic nitrogens is 1. The van der Waals surface area contributed by atoms with Crippen molar-refractivity contribution in [2.45, 2.75) is 46.5 Å². The van der Waals surface area contributed by atoms with Crippen molar-refractivity contribution in [3.05, 3.63) is 66.0 Å². The van der Waals surface area contributed by atoms with Crippen molar-refractivity contribution in [2.75, 3.05) is 0 Å². The van der Waals surface area contributed by atoms with E-state index in [1.54, 1.807) is 0 Å². The van der Waals surface area contributed by atoms with Gasteiger partial charge in [-0.3, -0.25) is 4.98 Å². The molecule has 1 unspecified atom stereocenters. The van der Waals surface area contributed by atoms with Gasteiger partial charge in [-0.25, -0.2) is 0 Å². The molecule has 0 N–H and O–H groups in total. The standard InChI is InChI=1S/C20H27N/c1-20(2,3)19(11-9-17-7-5-4-6-8-17)12-10-18-13-15-21-16-14-18/h4-8,13-16,19H,9-12H2,1-3H3. The van der Waals surface area contributed by atoms with Gasteiger partial charge in [0.15, 0.2) is 0 Å². The average Bonchev–Trinajstić information content (AvgIpc) is 2.48. The number of pyridine rings is 1. The fraction of sp³-hybridized carbons (Fsp3) is 0.450. The molecule has 0 radical (unpaired) electrons. The van der Waals surface area contributed by atoms with Crippen molar-refractivity contribution in [2.24, 2.45) is 11.3 Å². The summed E-state index contributed by atoms with van der Waals surface area (Å²) in [6, 6.07) is 15.1. The van der Waals surface area contributed by atoms with Crippen molar-refractivity contribution >= 4 is 0 Å². The third kappa shape index (κ3) is 5.34. The molecular formula is C20H27N. The van der Waals surface area contributed by atoms with Gasteiger partial charge in [0.05, 0.1) is 0 Å². The van der Waals surface area contributed by atoms with E-state index in [1.165, 1.54) is 30.4 Å². The van der Waals surface area contributed by atoms with Gasteiger partial charge in [0.2, 0.25) is 0 Å². The average molecular weight is 281 g/mol. The van der Waals surface area contributed by atoms with Crippen LogP contribution in [0.1, 0.15) is 44.7 Å². The SMILES string of the molecule is CC(C)(C)C(CCc1ccccc1)CCc1ccncc1. The highest BCUT2D eigenvalue weighted by Crippen LogP contribution is 2.33. The van der Waals surface area contributed by atoms with Crippen LogP contribution in [0.3, 0.4) is 0 Å². The summed E-state index contributed by atoms with van der Waals surface area (Å²) in [7, 11) is 0. The van der Waals surface area contributed by atoms with Gasteiger partial charge in [0, 0.05) is 12.4 Å². The summed E-state index contributed by atoms with van der Waals surface area (Å²) in [6.07, 6.45) is 8.63. The van der Waals surface area contributed by atoms with Crippen molar-refractivity contribution in [3.8, 4) is 0 Å². The maximum absolute atomic E-state index is 4.10. The van der Waals surface area contributed by atoms with E-state index in [2.05, 4.69) is 68.2 Å². The molecule has 112 valence electrons. The molecule has 0 aliphatic carbocycles. The van der Waals surface area contributed by atoms with Crippen LogP contribution in [0.2, 0.25) is 0 Å². The molecule has 2 aromatic rings. The molecule has 1 aromatic heterocycles. The molecule has 0 amide bonds. The Morgan fingerprint density at radius 2 is 1.33 bits per heavy atom. The maximum atomic E-state index is 4.10. The van der Waals surface area contributed by atoms with Gasteiger partial charge < -0.3 is 0 Å². The molecule has 0 bridgehead atoms. The number of hydrogen-bond donors (Lipinski definition) is 0. The summed E-state index contributed by atoms with van der Waals surface area (Å²) in [5, 5.41) is 0. The van der Waals surface area contributed by atoms with Crippen LogP contribution < -0.4 is 0 Å². The summed E-state index contributed by atoms with van der Waals surface area (Å²) in [5.74, 6) is 0.742. The number of hydrogen-bond acceptors (Lipinski definition) is 1. The normalized spacial score (nSPS) is 13.1. The van der Waals surface area contributed by atoms with Gasteiger partial charge >= 0.3 is 0 Å². The van der Waals surface area contributed by atoms with Crippen LogP contribution >= 0.6 is 0 Å². The Labute approximate surface area is 129 Å². The van der Waals surface area contributed by atoms with Crippen LogP contribution in [0, 0.1) is 11.3 Å². The van der Waals surface area contributed by atoms with E-state index in [1.807, 2.05) is 12.4 Å². The number of rotatable bonds is 6. The van der Waals surface area contributed by atoms with Gasteiger partial charge in [-0.1, -0.05) is 51.1 Å². The second kappa shape index (κ2) is 7.40. The van der Waals surface area contributed by atoms with E-state index >= 15 is 0 Å². The summed E-state index contributed by atoms with van der Waals surface area (Å²) in [5.41, 5.74) is 3.22. The summed E-state index contributed by atoms with van der Waals surface area (Å²) in [6.45, 7) is 7.11. The number of benzene rings is 1. The predicted molar refractivity (Wildman–Crippen MR) is 90.3 cm³/mol. The van der Waals surface area contributed by atoms with Crippen LogP contribution in [0.25, 0.3) is 0 Å². The highest BCUT2D eigenvalue weighted by molar-refractivity contribution is 5.15. The maximum Gasteiger partial charge on any atom is 0.0270 e. The summed E-state index contributed by atoms with van der Waals surface area (Å²) >= 11 is 0. The Morgan fingerprint density at radius 3 is 1.86 bits per heavy atom. The van der Waals surface area contributed by atoms with E-state index < -0.39 is 0 Å². The molecule has 1 aromatic carbocycles. The van der Waals surface area contributed by atoms with Gasteiger partial charge in [-0.2, -0.15) is 0 Å². The lowest BCUT2D eigenvalue weighted by Gasteiger charge is -2.31. The molecule has 0 aliphatic rings. The minimum absolute atomic E-state index is 0.363. The lowest BCUT2D eigenvalue weighted by Crippen LogP contribution is -2.22. The smallest absolute Gasteiger partial charge is 0.0270 e. The van der Waals surface area contributed by atoms with E-state index in [9.17, 15) is 0 Å². The van der Waals surface area contributed by atoms with Crippen LogP contribution in [0.5, 0.6) is 0 Å². The first-order valence-corrected chi connectivity index (χ1v) is 7.98. The molecule has 0 spiro atoms. The zero-order valence-corrected chi connectivity index (χ0v) is 13.5. The Kier molecular flexibility index (Phi) is 5.55. The van der Waals surface area contributed by atoms with E-state index in [4.69, 9.17) is 0 Å². The molecule has 1 atom stereocenters. The Hall–Kier alpha value is -1.63.